The summed E-state index contributed by atoms with van der Waals surface area (Å²) in [6.45, 7) is 1.11. The maximum Gasteiger partial charge on any atom is 0.320 e. The summed E-state index contributed by atoms with van der Waals surface area (Å²) in [5, 5.41) is 18.1. The number of likely N-dealkylation sites (N-methyl/N-ethyl adjacent to an activating group) is 1. The van der Waals surface area contributed by atoms with Gasteiger partial charge in [-0.3, -0.25) is 4.79 Å². The maximum atomic E-state index is 10.6. The normalized spacial score (nSPS) is 12.0. The molecule has 0 bridgehead atoms. The van der Waals surface area contributed by atoms with Gasteiger partial charge < -0.3 is 37.8 Å². The summed E-state index contributed by atoms with van der Waals surface area (Å²) in [6.07, 6.45) is 2.16. The zero-order valence-corrected chi connectivity index (χ0v) is 14.5. The molecule has 0 radical (unpaired) electrons. The highest BCUT2D eigenvalue weighted by molar-refractivity contribution is 5.84. The van der Waals surface area contributed by atoms with E-state index in [4.69, 9.17) is 15.9 Å². The lowest BCUT2D eigenvalue weighted by Crippen LogP contribution is -3.00. The average molecular weight is 344 g/mol. The highest BCUT2D eigenvalue weighted by Gasteiger charge is 2.14. The molecular formula is C16H26ClN3O3. The molecule has 0 amide bonds. The van der Waals surface area contributed by atoms with Crippen LogP contribution >= 0.6 is 0 Å². The molecule has 0 aliphatic carbocycles. The van der Waals surface area contributed by atoms with Crippen LogP contribution in [0.4, 0.5) is 0 Å². The number of aliphatic hydroxyl groups is 1. The molecular weight excluding hydrogens is 318 g/mol. The molecule has 1 aromatic carbocycles. The Bertz CT molecular complexity index is 608. The summed E-state index contributed by atoms with van der Waals surface area (Å²) in [4.78, 5) is 13.7. The number of rotatable bonds is 5. The molecule has 1 aromatic heterocycles. The second-order valence-corrected chi connectivity index (χ2v) is 6.25. The van der Waals surface area contributed by atoms with Crippen LogP contribution in [0.25, 0.3) is 10.9 Å². The number of para-hydroxylation sites is 1. The Hall–Kier alpha value is -1.60. The number of aliphatic carboxylic acids is 1. The first-order chi connectivity index (χ1) is 10.2. The number of nitrogens with zero attached hydrogens (tertiary/aromatic N) is 1. The fourth-order valence-electron chi connectivity index (χ4n) is 1.92. The smallest absolute Gasteiger partial charge is 0.320 e. The summed E-state index contributed by atoms with van der Waals surface area (Å²) in [7, 11) is 6.16. The number of carboxylic acids is 1. The predicted octanol–water partition coefficient (Wildman–Crippen LogP) is -2.19. The molecule has 0 unspecified atom stereocenters. The number of benzene rings is 1. The third kappa shape index (κ3) is 7.47. The SMILES string of the molecule is C[N+](C)(C)CCO.N[C@@H](Cc1c[nH]c2ccccc12)C(=O)O.[Cl-]. The zero-order chi connectivity index (χ0) is 16.8. The van der Waals surface area contributed by atoms with Crippen molar-refractivity contribution in [3.8, 4) is 0 Å². The van der Waals surface area contributed by atoms with Gasteiger partial charge in [-0.2, -0.15) is 0 Å². The van der Waals surface area contributed by atoms with Crippen molar-refractivity contribution in [2.45, 2.75) is 12.5 Å². The van der Waals surface area contributed by atoms with Crippen molar-refractivity contribution in [1.29, 1.82) is 0 Å². The molecule has 2 aromatic rings. The van der Waals surface area contributed by atoms with E-state index < -0.39 is 12.0 Å². The molecule has 0 spiro atoms. The summed E-state index contributed by atoms with van der Waals surface area (Å²) in [5.41, 5.74) is 7.43. The highest BCUT2D eigenvalue weighted by atomic mass is 35.5. The van der Waals surface area contributed by atoms with Crippen LogP contribution in [0.5, 0.6) is 0 Å². The number of halogens is 1. The zero-order valence-electron chi connectivity index (χ0n) is 13.8. The minimum Gasteiger partial charge on any atom is -1.00 e. The van der Waals surface area contributed by atoms with E-state index in [9.17, 15) is 4.79 Å². The fraction of sp³-hybridized carbons (Fsp3) is 0.438. The van der Waals surface area contributed by atoms with Crippen molar-refractivity contribution >= 4 is 16.9 Å². The lowest BCUT2D eigenvalue weighted by molar-refractivity contribution is -0.870. The molecule has 1 atom stereocenters. The van der Waals surface area contributed by atoms with E-state index in [0.717, 1.165) is 27.5 Å². The van der Waals surface area contributed by atoms with E-state index in [1.807, 2.05) is 30.5 Å². The molecule has 5 N–H and O–H groups in total. The van der Waals surface area contributed by atoms with Crippen molar-refractivity contribution < 1.29 is 31.9 Å². The number of hydrogen-bond donors (Lipinski definition) is 4. The van der Waals surface area contributed by atoms with Crippen LogP contribution in [0, 0.1) is 0 Å². The molecule has 1 heterocycles. The number of aromatic nitrogens is 1. The Morgan fingerprint density at radius 3 is 2.39 bits per heavy atom. The first-order valence-corrected chi connectivity index (χ1v) is 7.19. The van der Waals surface area contributed by atoms with E-state index in [1.54, 1.807) is 0 Å². The number of nitrogens with two attached hydrogens (primary N) is 1. The Morgan fingerprint density at radius 1 is 1.30 bits per heavy atom. The van der Waals surface area contributed by atoms with Crippen molar-refractivity contribution in [2.75, 3.05) is 34.3 Å². The fourth-order valence-corrected chi connectivity index (χ4v) is 1.92. The number of H-pyrrole nitrogens is 1. The minimum absolute atomic E-state index is 0. The van der Waals surface area contributed by atoms with Gasteiger partial charge >= 0.3 is 5.97 Å². The van der Waals surface area contributed by atoms with Gasteiger partial charge in [-0.05, 0) is 11.6 Å². The average Bonchev–Trinajstić information content (AvgIpc) is 2.81. The number of aromatic amines is 1. The van der Waals surface area contributed by atoms with Crippen molar-refractivity contribution in [2.24, 2.45) is 5.73 Å². The number of nitrogens with one attached hydrogen (secondary N) is 1. The van der Waals surface area contributed by atoms with Gasteiger partial charge in [0, 0.05) is 23.5 Å². The lowest BCUT2D eigenvalue weighted by Gasteiger charge is -2.21. The van der Waals surface area contributed by atoms with Crippen LogP contribution in [-0.2, 0) is 11.2 Å². The predicted molar refractivity (Wildman–Crippen MR) is 87.6 cm³/mol. The summed E-state index contributed by atoms with van der Waals surface area (Å²) in [6, 6.07) is 6.91. The largest absolute Gasteiger partial charge is 1.00 e. The third-order valence-corrected chi connectivity index (χ3v) is 3.20. The van der Waals surface area contributed by atoms with Crippen molar-refractivity contribution in [1.82, 2.24) is 4.98 Å². The van der Waals surface area contributed by atoms with Crippen molar-refractivity contribution in [3.63, 3.8) is 0 Å². The molecule has 0 fully saturated rings. The highest BCUT2D eigenvalue weighted by Crippen LogP contribution is 2.18. The van der Waals surface area contributed by atoms with E-state index in [-0.39, 0.29) is 19.0 Å². The van der Waals surface area contributed by atoms with Crippen LogP contribution < -0.4 is 18.1 Å². The second-order valence-electron chi connectivity index (χ2n) is 6.25. The number of fused-ring (bicyclic) bond motifs is 1. The Kier molecular flexibility index (Phi) is 8.86. The molecule has 6 nitrogen and oxygen atoms in total. The molecule has 0 aliphatic heterocycles. The lowest BCUT2D eigenvalue weighted by atomic mass is 10.1. The Balaban J connectivity index is 0.000000522. The van der Waals surface area contributed by atoms with Crippen LogP contribution in [-0.4, -0.2) is 66.0 Å². The molecule has 0 aliphatic rings. The number of quaternary nitrogens is 1. The van der Waals surface area contributed by atoms with Gasteiger partial charge in [0.15, 0.2) is 0 Å². The third-order valence-electron chi connectivity index (χ3n) is 3.20. The number of carboxylic acid groups (broad SMARTS) is 1. The molecule has 23 heavy (non-hydrogen) atoms. The molecule has 0 saturated carbocycles. The monoisotopic (exact) mass is 343 g/mol. The van der Waals surface area contributed by atoms with E-state index >= 15 is 0 Å². The molecule has 2 rings (SSSR count). The van der Waals surface area contributed by atoms with E-state index in [2.05, 4.69) is 26.1 Å². The number of aliphatic hydroxyl groups excluding tert-OH is 1. The van der Waals surface area contributed by atoms with Crippen LogP contribution in [0.3, 0.4) is 0 Å². The second kappa shape index (κ2) is 9.52. The number of carbonyl (C=O) groups is 1. The van der Waals surface area contributed by atoms with Crippen LogP contribution in [0.15, 0.2) is 30.5 Å². The van der Waals surface area contributed by atoms with Gasteiger partial charge in [-0.15, -0.1) is 0 Å². The van der Waals surface area contributed by atoms with Crippen molar-refractivity contribution in [3.05, 3.63) is 36.0 Å². The quantitative estimate of drug-likeness (QED) is 0.463. The van der Waals surface area contributed by atoms with E-state index in [1.165, 1.54) is 0 Å². The maximum absolute atomic E-state index is 10.6. The molecule has 130 valence electrons. The number of hydrogen-bond acceptors (Lipinski definition) is 3. The molecule has 0 saturated heterocycles. The minimum atomic E-state index is -0.972. The van der Waals surface area contributed by atoms with Gasteiger partial charge in [0.1, 0.15) is 12.6 Å². The van der Waals surface area contributed by atoms with Gasteiger partial charge in [0.2, 0.25) is 0 Å². The summed E-state index contributed by atoms with van der Waals surface area (Å²) in [5.74, 6) is -0.972. The standard InChI is InChI=1S/C11H12N2O2.C5H14NO.ClH/c12-9(11(14)15)5-7-6-13-10-4-2-1-3-8(7)10;1-6(2,3)4-5-7;/h1-4,6,9,13H,5,12H2,(H,14,15);7H,4-5H2,1-3H3;1H/q;+1;/p-1/t9-;;/m0../s1. The molecule has 7 heteroatoms. The first kappa shape index (κ1) is 21.4. The van der Waals surface area contributed by atoms with Gasteiger partial charge in [-0.25, -0.2) is 0 Å². The topological polar surface area (TPSA) is 99.3 Å². The Labute approximate surface area is 142 Å². The van der Waals surface area contributed by atoms with Gasteiger partial charge in [0.05, 0.1) is 27.7 Å². The summed E-state index contributed by atoms with van der Waals surface area (Å²) < 4.78 is 0.844. The van der Waals surface area contributed by atoms with Crippen LogP contribution in [0.1, 0.15) is 5.56 Å². The summed E-state index contributed by atoms with van der Waals surface area (Å²) >= 11 is 0. The van der Waals surface area contributed by atoms with E-state index in [0.29, 0.717) is 6.42 Å². The van der Waals surface area contributed by atoms with Crippen LogP contribution in [0.2, 0.25) is 0 Å². The van der Waals surface area contributed by atoms with Gasteiger partial charge in [0.25, 0.3) is 0 Å². The van der Waals surface area contributed by atoms with Gasteiger partial charge in [-0.1, -0.05) is 18.2 Å². The Morgan fingerprint density at radius 2 is 1.91 bits per heavy atom. The first-order valence-electron chi connectivity index (χ1n) is 7.19.